The van der Waals surface area contributed by atoms with Gasteiger partial charge in [-0.3, -0.25) is 4.79 Å². The van der Waals surface area contributed by atoms with Crippen LogP contribution in [0.15, 0.2) is 42.7 Å². The highest BCUT2D eigenvalue weighted by Gasteiger charge is 2.17. The number of carbonyl (C=O) groups is 1. The summed E-state index contributed by atoms with van der Waals surface area (Å²) in [5.41, 5.74) is 14.6. The fourth-order valence-corrected chi connectivity index (χ4v) is 2.00. The Kier molecular flexibility index (Phi) is 4.50. The SMILES string of the molecule is C[C@H](N)C(=O)c1c[n+](C)ccc1C=Cc1ccc(N)cc1. The summed E-state index contributed by atoms with van der Waals surface area (Å²) >= 11 is 0. The van der Waals surface area contributed by atoms with Gasteiger partial charge < -0.3 is 11.5 Å². The number of hydrogen-bond acceptors (Lipinski definition) is 3. The number of ketones is 1. The summed E-state index contributed by atoms with van der Waals surface area (Å²) in [5.74, 6) is -0.0665. The van der Waals surface area contributed by atoms with Gasteiger partial charge in [0.15, 0.2) is 18.2 Å². The number of aromatic nitrogens is 1. The molecule has 1 aromatic carbocycles. The fourth-order valence-electron chi connectivity index (χ4n) is 2.00. The van der Waals surface area contributed by atoms with Crippen molar-refractivity contribution in [2.45, 2.75) is 13.0 Å². The maximum absolute atomic E-state index is 12.2. The van der Waals surface area contributed by atoms with E-state index in [1.807, 2.05) is 60.3 Å². The minimum Gasteiger partial charge on any atom is -0.399 e. The van der Waals surface area contributed by atoms with Gasteiger partial charge in [0.05, 0.1) is 11.6 Å². The Labute approximate surface area is 124 Å². The molecule has 2 rings (SSSR count). The van der Waals surface area contributed by atoms with E-state index in [0.717, 1.165) is 16.8 Å². The molecule has 4 heteroatoms. The molecule has 0 aliphatic rings. The zero-order valence-corrected chi connectivity index (χ0v) is 12.3. The van der Waals surface area contributed by atoms with E-state index in [-0.39, 0.29) is 5.78 Å². The molecule has 1 atom stereocenters. The van der Waals surface area contributed by atoms with Gasteiger partial charge in [0.1, 0.15) is 7.05 Å². The van der Waals surface area contributed by atoms with Gasteiger partial charge in [0.25, 0.3) is 0 Å². The zero-order valence-electron chi connectivity index (χ0n) is 12.3. The highest BCUT2D eigenvalue weighted by molar-refractivity contribution is 6.02. The number of Topliss-reactive ketones (excluding diaryl/α,β-unsaturated/α-hetero) is 1. The standard InChI is InChI=1S/C17H19N3O/c1-12(18)17(21)16-11-20(2)10-9-14(16)6-3-13-4-7-15(19)8-5-13/h3-12,19H,18H2,1-2H3/p+1/t12-/m0/s1. The molecule has 0 spiro atoms. The molecule has 1 aromatic heterocycles. The van der Waals surface area contributed by atoms with E-state index >= 15 is 0 Å². The molecular weight excluding hydrogens is 262 g/mol. The quantitative estimate of drug-likeness (QED) is 0.510. The number of benzene rings is 1. The van der Waals surface area contributed by atoms with E-state index in [4.69, 9.17) is 11.5 Å². The van der Waals surface area contributed by atoms with Crippen LogP contribution in [0, 0.1) is 0 Å². The van der Waals surface area contributed by atoms with Crippen LogP contribution in [0.4, 0.5) is 5.69 Å². The molecule has 1 heterocycles. The molecule has 0 saturated carbocycles. The van der Waals surface area contributed by atoms with Gasteiger partial charge >= 0.3 is 0 Å². The second-order valence-electron chi connectivity index (χ2n) is 5.13. The number of pyridine rings is 1. The number of nitrogens with zero attached hydrogens (tertiary/aromatic N) is 1. The molecule has 0 unspecified atom stereocenters. The lowest BCUT2D eigenvalue weighted by molar-refractivity contribution is -0.671. The van der Waals surface area contributed by atoms with Gasteiger partial charge in [-0.1, -0.05) is 24.3 Å². The van der Waals surface area contributed by atoms with Crippen LogP contribution in [-0.4, -0.2) is 11.8 Å². The lowest BCUT2D eigenvalue weighted by Gasteiger charge is -2.06. The smallest absolute Gasteiger partial charge is 0.185 e. The summed E-state index contributed by atoms with van der Waals surface area (Å²) in [7, 11) is 1.88. The van der Waals surface area contributed by atoms with Gasteiger partial charge in [-0.25, -0.2) is 4.57 Å². The molecule has 0 aliphatic heterocycles. The third-order valence-corrected chi connectivity index (χ3v) is 3.20. The predicted octanol–water partition coefficient (Wildman–Crippen LogP) is 1.79. The summed E-state index contributed by atoms with van der Waals surface area (Å²) in [6.45, 7) is 1.70. The molecule has 0 bridgehead atoms. The minimum absolute atomic E-state index is 0.0665. The Morgan fingerprint density at radius 1 is 1.19 bits per heavy atom. The number of nitrogens with two attached hydrogens (primary N) is 2. The average Bonchev–Trinajstić information content (AvgIpc) is 2.46. The summed E-state index contributed by atoms with van der Waals surface area (Å²) < 4.78 is 1.84. The first-order valence-corrected chi connectivity index (χ1v) is 6.80. The van der Waals surface area contributed by atoms with Crippen LogP contribution < -0.4 is 16.0 Å². The highest BCUT2D eigenvalue weighted by atomic mass is 16.1. The molecule has 21 heavy (non-hydrogen) atoms. The molecule has 0 saturated heterocycles. The van der Waals surface area contributed by atoms with E-state index in [1.165, 1.54) is 0 Å². The number of rotatable bonds is 4. The van der Waals surface area contributed by atoms with E-state index in [0.29, 0.717) is 5.56 Å². The molecular formula is C17H20N3O+. The number of nitrogen functional groups attached to an aromatic ring is 1. The van der Waals surface area contributed by atoms with E-state index < -0.39 is 6.04 Å². The summed E-state index contributed by atoms with van der Waals surface area (Å²) in [4.78, 5) is 12.2. The first-order chi connectivity index (χ1) is 9.97. The Morgan fingerprint density at radius 2 is 1.86 bits per heavy atom. The van der Waals surface area contributed by atoms with Gasteiger partial charge in [-0.05, 0) is 30.2 Å². The maximum Gasteiger partial charge on any atom is 0.185 e. The molecule has 0 amide bonds. The van der Waals surface area contributed by atoms with Crippen LogP contribution in [0.25, 0.3) is 12.2 Å². The Balaban J connectivity index is 2.35. The van der Waals surface area contributed by atoms with E-state index in [9.17, 15) is 4.79 Å². The molecule has 2 aromatic rings. The molecule has 4 nitrogen and oxygen atoms in total. The van der Waals surface area contributed by atoms with E-state index in [2.05, 4.69) is 0 Å². The van der Waals surface area contributed by atoms with Crippen molar-refractivity contribution in [3.8, 4) is 0 Å². The summed E-state index contributed by atoms with van der Waals surface area (Å²) in [6, 6.07) is 8.95. The van der Waals surface area contributed by atoms with Crippen molar-refractivity contribution >= 4 is 23.6 Å². The Bertz CT molecular complexity index is 673. The predicted molar refractivity (Wildman–Crippen MR) is 85.4 cm³/mol. The fraction of sp³-hybridized carbons (Fsp3) is 0.176. The Morgan fingerprint density at radius 3 is 2.48 bits per heavy atom. The number of carbonyl (C=O) groups excluding carboxylic acids is 1. The van der Waals surface area contributed by atoms with Gasteiger partial charge in [0, 0.05) is 11.8 Å². The molecule has 0 aliphatic carbocycles. The second-order valence-corrected chi connectivity index (χ2v) is 5.13. The molecule has 0 radical (unpaired) electrons. The average molecular weight is 282 g/mol. The van der Waals surface area contributed by atoms with Gasteiger partial charge in [0.2, 0.25) is 0 Å². The highest BCUT2D eigenvalue weighted by Crippen LogP contribution is 2.14. The largest absolute Gasteiger partial charge is 0.399 e. The normalized spacial score (nSPS) is 12.5. The van der Waals surface area contributed by atoms with Crippen molar-refractivity contribution in [3.63, 3.8) is 0 Å². The first kappa shape index (κ1) is 14.9. The third-order valence-electron chi connectivity index (χ3n) is 3.20. The van der Waals surface area contributed by atoms with Crippen LogP contribution >= 0.6 is 0 Å². The van der Waals surface area contributed by atoms with Crippen molar-refractivity contribution in [1.29, 1.82) is 0 Å². The van der Waals surface area contributed by atoms with Gasteiger partial charge in [-0.2, -0.15) is 0 Å². The van der Waals surface area contributed by atoms with Crippen LogP contribution in [0.1, 0.15) is 28.4 Å². The third kappa shape index (κ3) is 3.77. The van der Waals surface area contributed by atoms with Crippen molar-refractivity contribution in [3.05, 3.63) is 59.4 Å². The van der Waals surface area contributed by atoms with Crippen LogP contribution in [0.3, 0.4) is 0 Å². The Hall–Kier alpha value is -2.46. The number of hydrogen-bond donors (Lipinski definition) is 2. The lowest BCUT2D eigenvalue weighted by Crippen LogP contribution is -2.33. The maximum atomic E-state index is 12.2. The van der Waals surface area contributed by atoms with Crippen molar-refractivity contribution in [2.24, 2.45) is 12.8 Å². The second kappa shape index (κ2) is 6.33. The molecule has 0 fully saturated rings. The lowest BCUT2D eigenvalue weighted by atomic mass is 10.0. The van der Waals surface area contributed by atoms with Crippen molar-refractivity contribution in [2.75, 3.05) is 5.73 Å². The minimum atomic E-state index is -0.518. The van der Waals surface area contributed by atoms with Crippen LogP contribution in [0.2, 0.25) is 0 Å². The van der Waals surface area contributed by atoms with Crippen LogP contribution in [0.5, 0.6) is 0 Å². The van der Waals surface area contributed by atoms with Gasteiger partial charge in [-0.15, -0.1) is 0 Å². The monoisotopic (exact) mass is 282 g/mol. The van der Waals surface area contributed by atoms with E-state index in [1.54, 1.807) is 13.1 Å². The van der Waals surface area contributed by atoms with Crippen molar-refractivity contribution in [1.82, 2.24) is 0 Å². The molecule has 108 valence electrons. The summed E-state index contributed by atoms with van der Waals surface area (Å²) in [6.07, 6.45) is 7.57. The van der Waals surface area contributed by atoms with Crippen molar-refractivity contribution < 1.29 is 9.36 Å². The zero-order chi connectivity index (χ0) is 15.4. The topological polar surface area (TPSA) is 73.0 Å². The van der Waals surface area contributed by atoms with Crippen LogP contribution in [-0.2, 0) is 7.05 Å². The first-order valence-electron chi connectivity index (χ1n) is 6.80. The number of anilines is 1. The summed E-state index contributed by atoms with van der Waals surface area (Å²) in [5, 5.41) is 0. The molecule has 4 N–H and O–H groups in total. The number of aryl methyl sites for hydroxylation is 1.